The van der Waals surface area contributed by atoms with Crippen LogP contribution in [0, 0.1) is 11.3 Å². The Bertz CT molecular complexity index is 380. The summed E-state index contributed by atoms with van der Waals surface area (Å²) in [4.78, 5) is 20.6. The van der Waals surface area contributed by atoms with Crippen LogP contribution in [0.15, 0.2) is 12.4 Å². The number of aldehydes is 1. The zero-order chi connectivity index (χ0) is 12.0. The second-order valence-corrected chi connectivity index (χ2v) is 3.63. The van der Waals surface area contributed by atoms with Crippen LogP contribution < -0.4 is 4.90 Å². The van der Waals surface area contributed by atoms with Crippen molar-refractivity contribution in [2.24, 2.45) is 0 Å². The number of aromatic nitrogens is 2. The largest absolute Gasteiger partial charge is 0.337 e. The molecule has 5 heteroatoms. The molecule has 1 aromatic rings. The van der Waals surface area contributed by atoms with Gasteiger partial charge in [-0.15, -0.1) is 0 Å². The zero-order valence-electron chi connectivity index (χ0n) is 9.42. The van der Waals surface area contributed by atoms with Crippen molar-refractivity contribution in [2.75, 3.05) is 11.4 Å². The van der Waals surface area contributed by atoms with Crippen LogP contribution >= 0.6 is 0 Å². The van der Waals surface area contributed by atoms with Crippen LogP contribution in [0.4, 0.5) is 5.95 Å². The van der Waals surface area contributed by atoms with Crippen molar-refractivity contribution in [3.05, 3.63) is 18.0 Å². The quantitative estimate of drug-likeness (QED) is 0.699. The average molecular weight is 218 g/mol. The number of nitrogens with zero attached hydrogens (tertiary/aromatic N) is 4. The highest BCUT2D eigenvalue weighted by molar-refractivity contribution is 5.73. The molecule has 0 saturated carbocycles. The van der Waals surface area contributed by atoms with Gasteiger partial charge < -0.3 is 4.90 Å². The van der Waals surface area contributed by atoms with Gasteiger partial charge in [0.1, 0.15) is 0 Å². The fraction of sp³-hybridized carbons (Fsp3) is 0.455. The molecule has 0 aromatic carbocycles. The van der Waals surface area contributed by atoms with Crippen molar-refractivity contribution in [1.29, 1.82) is 5.26 Å². The first-order chi connectivity index (χ1) is 7.69. The first kappa shape index (κ1) is 12.1. The third-order valence-electron chi connectivity index (χ3n) is 2.14. The summed E-state index contributed by atoms with van der Waals surface area (Å²) >= 11 is 0. The molecule has 0 N–H and O–H groups in total. The molecular weight excluding hydrogens is 204 g/mol. The number of carbonyl (C=O) groups is 1. The standard InChI is InChI=1S/C11H14N4O/c1-9(2)15(5-3-4-12)11-13-6-10(8-16)7-14-11/h6-9H,3,5H2,1-2H3. The van der Waals surface area contributed by atoms with Gasteiger partial charge in [-0.1, -0.05) is 0 Å². The highest BCUT2D eigenvalue weighted by Gasteiger charge is 2.12. The maximum atomic E-state index is 10.5. The van der Waals surface area contributed by atoms with Crippen LogP contribution in [0.5, 0.6) is 0 Å². The number of hydrogen-bond acceptors (Lipinski definition) is 5. The maximum absolute atomic E-state index is 10.5. The Morgan fingerprint density at radius 1 is 1.50 bits per heavy atom. The Morgan fingerprint density at radius 3 is 2.56 bits per heavy atom. The molecule has 1 aromatic heterocycles. The lowest BCUT2D eigenvalue weighted by molar-refractivity contribution is 0.112. The smallest absolute Gasteiger partial charge is 0.225 e. The normalized spacial score (nSPS) is 9.88. The Morgan fingerprint density at radius 2 is 2.12 bits per heavy atom. The Labute approximate surface area is 94.7 Å². The SMILES string of the molecule is CC(C)N(CCC#N)c1ncc(C=O)cn1. The van der Waals surface area contributed by atoms with E-state index in [2.05, 4.69) is 16.0 Å². The second-order valence-electron chi connectivity index (χ2n) is 3.63. The summed E-state index contributed by atoms with van der Waals surface area (Å²) in [6.07, 6.45) is 4.10. The van der Waals surface area contributed by atoms with Crippen molar-refractivity contribution < 1.29 is 4.79 Å². The summed E-state index contributed by atoms with van der Waals surface area (Å²) in [6.45, 7) is 4.61. The molecule has 1 heterocycles. The van der Waals surface area contributed by atoms with Gasteiger partial charge >= 0.3 is 0 Å². The molecule has 0 atom stereocenters. The number of hydrogen-bond donors (Lipinski definition) is 0. The molecule has 0 aliphatic heterocycles. The van der Waals surface area contributed by atoms with Crippen LogP contribution in [0.25, 0.3) is 0 Å². The van der Waals surface area contributed by atoms with E-state index in [0.29, 0.717) is 30.8 Å². The van der Waals surface area contributed by atoms with E-state index in [-0.39, 0.29) is 6.04 Å². The van der Waals surface area contributed by atoms with Crippen molar-refractivity contribution in [3.8, 4) is 6.07 Å². The van der Waals surface area contributed by atoms with Crippen molar-refractivity contribution in [3.63, 3.8) is 0 Å². The maximum Gasteiger partial charge on any atom is 0.225 e. The Hall–Kier alpha value is -1.96. The molecule has 0 aliphatic rings. The molecule has 0 saturated heterocycles. The van der Waals surface area contributed by atoms with Gasteiger partial charge in [-0.3, -0.25) is 4.79 Å². The van der Waals surface area contributed by atoms with Gasteiger partial charge in [0.05, 0.1) is 18.1 Å². The topological polar surface area (TPSA) is 69.9 Å². The van der Waals surface area contributed by atoms with Gasteiger partial charge in [-0.25, -0.2) is 9.97 Å². The molecule has 5 nitrogen and oxygen atoms in total. The number of carbonyl (C=O) groups excluding carboxylic acids is 1. The first-order valence-corrected chi connectivity index (χ1v) is 5.10. The third-order valence-corrected chi connectivity index (χ3v) is 2.14. The molecule has 0 aliphatic carbocycles. The summed E-state index contributed by atoms with van der Waals surface area (Å²) in [5, 5.41) is 8.56. The first-order valence-electron chi connectivity index (χ1n) is 5.10. The zero-order valence-corrected chi connectivity index (χ0v) is 9.42. The Kier molecular flexibility index (Phi) is 4.40. The number of nitriles is 1. The molecule has 84 valence electrons. The van der Waals surface area contributed by atoms with E-state index in [1.165, 1.54) is 12.4 Å². The Balaban J connectivity index is 2.84. The minimum absolute atomic E-state index is 0.218. The van der Waals surface area contributed by atoms with E-state index in [1.807, 2.05) is 18.7 Å². The van der Waals surface area contributed by atoms with E-state index >= 15 is 0 Å². The minimum atomic E-state index is 0.218. The van der Waals surface area contributed by atoms with E-state index in [4.69, 9.17) is 5.26 Å². The summed E-state index contributed by atoms with van der Waals surface area (Å²) in [5.74, 6) is 0.552. The van der Waals surface area contributed by atoms with Crippen LogP contribution in [0.2, 0.25) is 0 Å². The molecule has 0 amide bonds. The van der Waals surface area contributed by atoms with Gasteiger partial charge in [0.25, 0.3) is 0 Å². The molecule has 0 bridgehead atoms. The molecule has 0 spiro atoms. The summed E-state index contributed by atoms with van der Waals surface area (Å²) in [5.41, 5.74) is 0.452. The molecule has 0 fully saturated rings. The highest BCUT2D eigenvalue weighted by Crippen LogP contribution is 2.10. The van der Waals surface area contributed by atoms with E-state index in [9.17, 15) is 4.79 Å². The van der Waals surface area contributed by atoms with Gasteiger partial charge in [-0.05, 0) is 13.8 Å². The lowest BCUT2D eigenvalue weighted by Gasteiger charge is -2.25. The molecule has 0 radical (unpaired) electrons. The number of anilines is 1. The number of rotatable bonds is 5. The monoisotopic (exact) mass is 218 g/mol. The van der Waals surface area contributed by atoms with Crippen LogP contribution in [-0.2, 0) is 0 Å². The molecule has 16 heavy (non-hydrogen) atoms. The summed E-state index contributed by atoms with van der Waals surface area (Å²) in [6, 6.07) is 2.31. The van der Waals surface area contributed by atoms with E-state index in [0.717, 1.165) is 0 Å². The second kappa shape index (κ2) is 5.81. The van der Waals surface area contributed by atoms with Gasteiger partial charge in [0.2, 0.25) is 5.95 Å². The third kappa shape index (κ3) is 3.02. The van der Waals surface area contributed by atoms with Crippen molar-refractivity contribution in [1.82, 2.24) is 9.97 Å². The van der Waals surface area contributed by atoms with Crippen LogP contribution in [-0.4, -0.2) is 28.8 Å². The fourth-order valence-electron chi connectivity index (χ4n) is 1.30. The van der Waals surface area contributed by atoms with Gasteiger partial charge in [0.15, 0.2) is 6.29 Å². The predicted octanol–water partition coefficient (Wildman–Crippen LogP) is 1.42. The summed E-state index contributed by atoms with van der Waals surface area (Å²) < 4.78 is 0. The lowest BCUT2D eigenvalue weighted by atomic mass is 10.3. The van der Waals surface area contributed by atoms with Crippen LogP contribution in [0.3, 0.4) is 0 Å². The van der Waals surface area contributed by atoms with Gasteiger partial charge in [0, 0.05) is 25.0 Å². The fourth-order valence-corrected chi connectivity index (χ4v) is 1.30. The molecule has 0 unspecified atom stereocenters. The average Bonchev–Trinajstić information content (AvgIpc) is 2.30. The minimum Gasteiger partial charge on any atom is -0.337 e. The predicted molar refractivity (Wildman–Crippen MR) is 60.1 cm³/mol. The summed E-state index contributed by atoms with van der Waals surface area (Å²) in [7, 11) is 0. The lowest BCUT2D eigenvalue weighted by Crippen LogP contribution is -2.33. The van der Waals surface area contributed by atoms with Crippen molar-refractivity contribution >= 4 is 12.2 Å². The molecular formula is C11H14N4O. The van der Waals surface area contributed by atoms with Crippen LogP contribution in [0.1, 0.15) is 30.6 Å². The highest BCUT2D eigenvalue weighted by atomic mass is 16.1. The van der Waals surface area contributed by atoms with Crippen molar-refractivity contribution in [2.45, 2.75) is 26.3 Å². The van der Waals surface area contributed by atoms with E-state index < -0.39 is 0 Å². The van der Waals surface area contributed by atoms with E-state index in [1.54, 1.807) is 0 Å². The van der Waals surface area contributed by atoms with Gasteiger partial charge in [-0.2, -0.15) is 5.26 Å². The molecule has 1 rings (SSSR count).